The van der Waals surface area contributed by atoms with E-state index >= 15 is 0 Å². The van der Waals surface area contributed by atoms with Crippen LogP contribution in [0.2, 0.25) is 0 Å². The Bertz CT molecular complexity index is 1530. The molecule has 0 amide bonds. The predicted octanol–water partition coefficient (Wildman–Crippen LogP) is 4.32. The number of aromatic amines is 1. The van der Waals surface area contributed by atoms with Crippen LogP contribution in [0.25, 0.3) is 11.1 Å². The number of hydrogen-bond acceptors (Lipinski definition) is 6. The molecule has 0 saturated heterocycles. The number of benzene rings is 2. The number of rotatable bonds is 5. The van der Waals surface area contributed by atoms with Crippen molar-refractivity contribution in [2.24, 2.45) is 4.99 Å². The quantitative estimate of drug-likeness (QED) is 0.441. The standard InChI is InChI=1S/C28H25F2N5O2/c1-35(2)27-25-21(14-20(33-27)24-22(37-3)11-10-19(29)26(24)30)32-23(34-28(25)36)13-16-6-8-17(9-7-16)18-5-4-12-31-15-18/h4-12,15,20H,13-14H2,1-3H3,(H,32,34,36). The number of aliphatic imine (C=N–C) groups is 1. The van der Waals surface area contributed by atoms with Gasteiger partial charge in [-0.25, -0.2) is 13.8 Å². The lowest BCUT2D eigenvalue weighted by molar-refractivity contribution is 0.390. The van der Waals surface area contributed by atoms with Crippen LogP contribution in [-0.2, 0) is 12.8 Å². The highest BCUT2D eigenvalue weighted by atomic mass is 19.2. The van der Waals surface area contributed by atoms with Gasteiger partial charge in [0.2, 0.25) is 0 Å². The number of fused-ring (bicyclic) bond motifs is 1. The Kier molecular flexibility index (Phi) is 6.52. The SMILES string of the molecule is COc1ccc(F)c(F)c1C1Cc2nc(Cc3ccc(-c4cccnc4)cc3)[nH]c(=O)c2C(N(C)C)=N1. The molecule has 1 unspecified atom stereocenters. The molecule has 3 heterocycles. The number of ether oxygens (including phenoxy) is 1. The average Bonchev–Trinajstić information content (AvgIpc) is 2.90. The van der Waals surface area contributed by atoms with E-state index in [1.165, 1.54) is 13.2 Å². The molecule has 0 spiro atoms. The van der Waals surface area contributed by atoms with Gasteiger partial charge in [-0.2, -0.15) is 0 Å². The summed E-state index contributed by atoms with van der Waals surface area (Å²) in [6.45, 7) is 0. The van der Waals surface area contributed by atoms with E-state index in [0.29, 0.717) is 29.3 Å². The fourth-order valence-corrected chi connectivity index (χ4v) is 4.56. The van der Waals surface area contributed by atoms with E-state index < -0.39 is 17.7 Å². The van der Waals surface area contributed by atoms with Gasteiger partial charge in [-0.1, -0.05) is 30.3 Å². The molecule has 4 aromatic rings. The molecule has 1 aliphatic heterocycles. The second-order valence-electron chi connectivity index (χ2n) is 8.99. The molecule has 9 heteroatoms. The normalized spacial score (nSPS) is 14.6. The number of methoxy groups -OCH3 is 1. The Balaban J connectivity index is 1.50. The van der Waals surface area contributed by atoms with Crippen LogP contribution < -0.4 is 10.3 Å². The van der Waals surface area contributed by atoms with Crippen molar-refractivity contribution in [3.63, 3.8) is 0 Å². The van der Waals surface area contributed by atoms with Crippen molar-refractivity contribution in [3.05, 3.63) is 111 Å². The van der Waals surface area contributed by atoms with Gasteiger partial charge in [0, 0.05) is 39.3 Å². The van der Waals surface area contributed by atoms with Crippen LogP contribution in [0.15, 0.2) is 70.7 Å². The van der Waals surface area contributed by atoms with Crippen LogP contribution in [0.1, 0.15) is 34.3 Å². The molecule has 0 bridgehead atoms. The first-order valence-corrected chi connectivity index (χ1v) is 11.7. The molecule has 0 aliphatic carbocycles. The predicted molar refractivity (Wildman–Crippen MR) is 137 cm³/mol. The summed E-state index contributed by atoms with van der Waals surface area (Å²) in [6, 6.07) is 13.4. The molecule has 1 atom stereocenters. The van der Waals surface area contributed by atoms with E-state index in [2.05, 4.69) is 15.0 Å². The fraction of sp³-hybridized carbons (Fsp3) is 0.214. The number of halogens is 2. The van der Waals surface area contributed by atoms with E-state index in [9.17, 15) is 13.6 Å². The molecule has 2 aromatic carbocycles. The second kappa shape index (κ2) is 9.93. The highest BCUT2D eigenvalue weighted by Crippen LogP contribution is 2.36. The Morgan fingerprint density at radius 3 is 2.54 bits per heavy atom. The number of H-pyrrole nitrogens is 1. The summed E-state index contributed by atoms with van der Waals surface area (Å²) in [5.41, 5.74) is 3.47. The maximum absolute atomic E-state index is 14.9. The van der Waals surface area contributed by atoms with E-state index in [0.717, 1.165) is 22.8 Å². The summed E-state index contributed by atoms with van der Waals surface area (Å²) in [7, 11) is 4.87. The van der Waals surface area contributed by atoms with Crippen molar-refractivity contribution in [1.29, 1.82) is 0 Å². The smallest absolute Gasteiger partial charge is 0.262 e. The van der Waals surface area contributed by atoms with E-state index in [1.54, 1.807) is 31.4 Å². The number of hydrogen-bond donors (Lipinski definition) is 1. The molecular formula is C28H25F2N5O2. The molecule has 2 aromatic heterocycles. The topological polar surface area (TPSA) is 83.5 Å². The van der Waals surface area contributed by atoms with Gasteiger partial charge in [0.15, 0.2) is 11.6 Å². The minimum absolute atomic E-state index is 0.00196. The summed E-state index contributed by atoms with van der Waals surface area (Å²) < 4.78 is 34.4. The molecule has 5 rings (SSSR count). The summed E-state index contributed by atoms with van der Waals surface area (Å²) in [5, 5.41) is 0. The monoisotopic (exact) mass is 501 g/mol. The lowest BCUT2D eigenvalue weighted by Gasteiger charge is -2.27. The molecule has 7 nitrogen and oxygen atoms in total. The molecule has 1 aliphatic rings. The Hall–Kier alpha value is -4.40. The zero-order chi connectivity index (χ0) is 26.1. The van der Waals surface area contributed by atoms with Crippen molar-refractivity contribution in [2.45, 2.75) is 18.9 Å². The Morgan fingerprint density at radius 2 is 1.86 bits per heavy atom. The van der Waals surface area contributed by atoms with E-state index in [-0.39, 0.29) is 23.3 Å². The maximum atomic E-state index is 14.9. The third-order valence-electron chi connectivity index (χ3n) is 6.32. The Morgan fingerprint density at radius 1 is 1.08 bits per heavy atom. The van der Waals surface area contributed by atoms with Crippen LogP contribution in [0, 0.1) is 11.6 Å². The van der Waals surface area contributed by atoms with Gasteiger partial charge in [0.05, 0.1) is 24.4 Å². The van der Waals surface area contributed by atoms with Gasteiger partial charge in [0.1, 0.15) is 23.0 Å². The summed E-state index contributed by atoms with van der Waals surface area (Å²) in [4.78, 5) is 31.2. The van der Waals surface area contributed by atoms with E-state index in [4.69, 9.17) is 9.72 Å². The zero-order valence-corrected chi connectivity index (χ0v) is 20.6. The average molecular weight is 502 g/mol. The van der Waals surface area contributed by atoms with Crippen molar-refractivity contribution >= 4 is 5.84 Å². The first-order valence-electron chi connectivity index (χ1n) is 11.7. The van der Waals surface area contributed by atoms with Gasteiger partial charge in [0.25, 0.3) is 5.56 Å². The third-order valence-corrected chi connectivity index (χ3v) is 6.32. The molecule has 37 heavy (non-hydrogen) atoms. The first kappa shape index (κ1) is 24.3. The number of nitrogens with one attached hydrogen (secondary N) is 1. The zero-order valence-electron chi connectivity index (χ0n) is 20.6. The second-order valence-corrected chi connectivity index (χ2v) is 8.99. The molecule has 0 fully saturated rings. The van der Waals surface area contributed by atoms with Crippen molar-refractivity contribution in [1.82, 2.24) is 19.9 Å². The molecule has 0 saturated carbocycles. The van der Waals surface area contributed by atoms with Crippen LogP contribution in [0.5, 0.6) is 5.75 Å². The summed E-state index contributed by atoms with van der Waals surface area (Å²) >= 11 is 0. The highest BCUT2D eigenvalue weighted by Gasteiger charge is 2.32. The highest BCUT2D eigenvalue weighted by molar-refractivity contribution is 6.00. The van der Waals surface area contributed by atoms with Crippen molar-refractivity contribution in [3.8, 4) is 16.9 Å². The first-order chi connectivity index (χ1) is 17.9. The van der Waals surface area contributed by atoms with Gasteiger partial charge in [-0.15, -0.1) is 0 Å². The molecular weight excluding hydrogens is 476 g/mol. The molecule has 0 radical (unpaired) electrons. The number of aromatic nitrogens is 3. The minimum atomic E-state index is -1.02. The number of pyridine rings is 1. The third kappa shape index (κ3) is 4.72. The maximum Gasteiger partial charge on any atom is 0.262 e. The van der Waals surface area contributed by atoms with Gasteiger partial charge >= 0.3 is 0 Å². The minimum Gasteiger partial charge on any atom is -0.496 e. The van der Waals surface area contributed by atoms with Crippen LogP contribution in [0.3, 0.4) is 0 Å². The van der Waals surface area contributed by atoms with Gasteiger partial charge in [-0.05, 0) is 34.9 Å². The van der Waals surface area contributed by atoms with Crippen LogP contribution >= 0.6 is 0 Å². The van der Waals surface area contributed by atoms with Gasteiger partial charge in [-0.3, -0.25) is 14.8 Å². The van der Waals surface area contributed by atoms with Crippen LogP contribution in [-0.4, -0.2) is 46.9 Å². The number of amidine groups is 1. The lowest BCUT2D eigenvalue weighted by Crippen LogP contribution is -2.36. The Labute approximate surface area is 212 Å². The molecule has 1 N–H and O–H groups in total. The van der Waals surface area contributed by atoms with Crippen molar-refractivity contribution < 1.29 is 13.5 Å². The largest absolute Gasteiger partial charge is 0.496 e. The lowest BCUT2D eigenvalue weighted by atomic mass is 9.95. The fourth-order valence-electron chi connectivity index (χ4n) is 4.56. The number of nitrogens with zero attached hydrogens (tertiary/aromatic N) is 4. The summed E-state index contributed by atoms with van der Waals surface area (Å²) in [6.07, 6.45) is 4.05. The van der Waals surface area contributed by atoms with Gasteiger partial charge < -0.3 is 14.6 Å². The molecule has 188 valence electrons. The summed E-state index contributed by atoms with van der Waals surface area (Å²) in [5.74, 6) is -1.000. The van der Waals surface area contributed by atoms with E-state index in [1.807, 2.05) is 36.4 Å². The van der Waals surface area contributed by atoms with Crippen LogP contribution in [0.4, 0.5) is 8.78 Å². The van der Waals surface area contributed by atoms with Crippen molar-refractivity contribution in [2.75, 3.05) is 21.2 Å².